The molecule has 0 spiro atoms. The Kier molecular flexibility index (Phi) is 30.3. The lowest BCUT2D eigenvalue weighted by molar-refractivity contribution is -0.122. The van der Waals surface area contributed by atoms with Crippen LogP contribution in [0.15, 0.2) is 12.2 Å². The zero-order valence-corrected chi connectivity index (χ0v) is 28.0. The van der Waals surface area contributed by atoms with Crippen LogP contribution < -0.4 is 5.32 Å². The van der Waals surface area contributed by atoms with Gasteiger partial charge in [-0.15, -0.1) is 0 Å². The minimum Gasteiger partial charge on any atom is -0.351 e. The first-order chi connectivity index (χ1) is 19.9. The Balaban J connectivity index is 3.91. The van der Waals surface area contributed by atoms with Crippen molar-refractivity contribution in [3.63, 3.8) is 0 Å². The van der Waals surface area contributed by atoms with E-state index in [1.54, 1.807) is 0 Å². The number of unbranched alkanes of at least 4 members (excludes halogenated alkanes) is 23. The summed E-state index contributed by atoms with van der Waals surface area (Å²) in [7, 11) is -4.56. The lowest BCUT2D eigenvalue weighted by Crippen LogP contribution is -2.37. The number of amides is 1. The maximum absolute atomic E-state index is 12.4. The van der Waals surface area contributed by atoms with Crippen LogP contribution in [-0.2, 0) is 13.9 Å². The molecule has 0 aromatic carbocycles. The zero-order valence-electron chi connectivity index (χ0n) is 27.1. The third kappa shape index (κ3) is 33.7. The van der Waals surface area contributed by atoms with Gasteiger partial charge in [-0.3, -0.25) is 9.32 Å². The first-order valence-corrected chi connectivity index (χ1v) is 19.1. The molecule has 0 aliphatic rings. The summed E-state index contributed by atoms with van der Waals surface area (Å²) in [6.07, 6.45) is 37.1. The molecular weight excluding hydrogens is 533 g/mol. The first kappa shape index (κ1) is 40.3. The van der Waals surface area contributed by atoms with Crippen LogP contribution in [-0.4, -0.2) is 28.3 Å². The molecule has 0 saturated heterocycles. The van der Waals surface area contributed by atoms with Gasteiger partial charge in [0.05, 0.1) is 12.6 Å². The van der Waals surface area contributed by atoms with Gasteiger partial charge in [0.25, 0.3) is 0 Å². The second kappa shape index (κ2) is 30.8. The number of hydrogen-bond acceptors (Lipinski definition) is 3. The van der Waals surface area contributed by atoms with E-state index in [9.17, 15) is 9.36 Å². The summed E-state index contributed by atoms with van der Waals surface area (Å²) < 4.78 is 15.9. The summed E-state index contributed by atoms with van der Waals surface area (Å²) >= 11 is 0. The second-order valence-corrected chi connectivity index (χ2v) is 13.3. The summed E-state index contributed by atoms with van der Waals surface area (Å²) in [6.45, 7) is 4.33. The van der Waals surface area contributed by atoms with Gasteiger partial charge >= 0.3 is 7.82 Å². The van der Waals surface area contributed by atoms with Gasteiger partial charge in [-0.2, -0.15) is 0 Å². The Labute approximate surface area is 254 Å². The highest BCUT2D eigenvalue weighted by molar-refractivity contribution is 7.46. The van der Waals surface area contributed by atoms with Gasteiger partial charge in [0.1, 0.15) is 0 Å². The smallest absolute Gasteiger partial charge is 0.351 e. The third-order valence-corrected chi connectivity index (χ3v) is 8.36. The summed E-state index contributed by atoms with van der Waals surface area (Å²) in [5.74, 6) is -0.0638. The summed E-state index contributed by atoms with van der Waals surface area (Å²) in [5.41, 5.74) is 0. The lowest BCUT2D eigenvalue weighted by atomic mass is 10.0. The second-order valence-electron chi connectivity index (χ2n) is 12.1. The molecule has 0 rings (SSSR count). The topological polar surface area (TPSA) is 95.9 Å². The van der Waals surface area contributed by atoms with Crippen LogP contribution in [0, 0.1) is 0 Å². The molecular formula is C34H68NO5P. The Morgan fingerprint density at radius 1 is 0.634 bits per heavy atom. The number of rotatable bonds is 32. The number of carbonyl (C=O) groups is 1. The molecule has 0 aliphatic carbocycles. The molecule has 0 radical (unpaired) electrons. The molecule has 3 N–H and O–H groups in total. The predicted molar refractivity (Wildman–Crippen MR) is 175 cm³/mol. The molecule has 0 heterocycles. The van der Waals surface area contributed by atoms with E-state index in [0.717, 1.165) is 32.1 Å². The van der Waals surface area contributed by atoms with Crippen LogP contribution in [0.4, 0.5) is 0 Å². The highest BCUT2D eigenvalue weighted by atomic mass is 31.2. The van der Waals surface area contributed by atoms with E-state index in [-0.39, 0.29) is 12.5 Å². The minimum atomic E-state index is -4.56. The monoisotopic (exact) mass is 601 g/mol. The Hall–Kier alpha value is -0.680. The maximum Gasteiger partial charge on any atom is 0.469 e. The van der Waals surface area contributed by atoms with Crippen LogP contribution >= 0.6 is 7.82 Å². The van der Waals surface area contributed by atoms with Gasteiger partial charge in [-0.05, 0) is 25.7 Å². The van der Waals surface area contributed by atoms with E-state index in [1.807, 2.05) is 6.08 Å². The number of carbonyl (C=O) groups excluding carboxylic acids is 1. The first-order valence-electron chi connectivity index (χ1n) is 17.5. The van der Waals surface area contributed by atoms with Crippen LogP contribution in [0.5, 0.6) is 0 Å². The number of allylic oxidation sites excluding steroid dienone is 1. The number of phosphoric ester groups is 1. The minimum absolute atomic E-state index is 0.0638. The van der Waals surface area contributed by atoms with Crippen molar-refractivity contribution in [1.29, 1.82) is 0 Å². The molecule has 6 nitrogen and oxygen atoms in total. The molecule has 0 saturated carbocycles. The molecule has 41 heavy (non-hydrogen) atoms. The Morgan fingerprint density at radius 2 is 1.02 bits per heavy atom. The zero-order chi connectivity index (χ0) is 30.3. The number of hydrogen-bond donors (Lipinski definition) is 3. The van der Waals surface area contributed by atoms with E-state index < -0.39 is 13.9 Å². The number of nitrogens with one attached hydrogen (secondary N) is 1. The van der Waals surface area contributed by atoms with Gasteiger partial charge in [-0.1, -0.05) is 167 Å². The largest absolute Gasteiger partial charge is 0.469 e. The Bertz CT molecular complexity index is 637. The summed E-state index contributed by atoms with van der Waals surface area (Å²) in [6, 6.07) is -0.425. The average molecular weight is 602 g/mol. The van der Waals surface area contributed by atoms with Gasteiger partial charge in [0.15, 0.2) is 0 Å². The highest BCUT2D eigenvalue weighted by Gasteiger charge is 2.19. The molecule has 0 bridgehead atoms. The molecule has 0 fully saturated rings. The van der Waals surface area contributed by atoms with Crippen molar-refractivity contribution >= 4 is 13.7 Å². The van der Waals surface area contributed by atoms with Crippen molar-refractivity contribution in [3.8, 4) is 0 Å². The van der Waals surface area contributed by atoms with E-state index >= 15 is 0 Å². The van der Waals surface area contributed by atoms with Crippen LogP contribution in [0.1, 0.15) is 187 Å². The van der Waals surface area contributed by atoms with Gasteiger partial charge < -0.3 is 15.1 Å². The Morgan fingerprint density at radius 3 is 1.44 bits per heavy atom. The molecule has 0 unspecified atom stereocenters. The van der Waals surface area contributed by atoms with E-state index in [0.29, 0.717) is 12.8 Å². The van der Waals surface area contributed by atoms with Gasteiger partial charge in [0.2, 0.25) is 5.91 Å². The number of phosphoric acid groups is 1. The van der Waals surface area contributed by atoms with E-state index in [2.05, 4.69) is 25.2 Å². The van der Waals surface area contributed by atoms with Crippen LogP contribution in [0.25, 0.3) is 0 Å². The molecule has 0 aromatic rings. The normalized spacial score (nSPS) is 12.8. The highest BCUT2D eigenvalue weighted by Crippen LogP contribution is 2.35. The van der Waals surface area contributed by atoms with Crippen molar-refractivity contribution < 1.29 is 23.7 Å². The fourth-order valence-corrected chi connectivity index (χ4v) is 5.64. The quantitative estimate of drug-likeness (QED) is 0.0405. The van der Waals surface area contributed by atoms with E-state index in [4.69, 9.17) is 14.3 Å². The third-order valence-electron chi connectivity index (χ3n) is 7.88. The molecule has 0 aromatic heterocycles. The van der Waals surface area contributed by atoms with Gasteiger partial charge in [0, 0.05) is 6.42 Å². The molecule has 0 aliphatic heterocycles. The summed E-state index contributed by atoms with van der Waals surface area (Å²) in [5, 5.41) is 2.92. The van der Waals surface area contributed by atoms with Crippen LogP contribution in [0.2, 0.25) is 0 Å². The van der Waals surface area contributed by atoms with Crippen molar-refractivity contribution in [3.05, 3.63) is 12.2 Å². The SMILES string of the molecule is CCCCCCCCCCCCC/C=C/C[C@H](COP(=O)(O)O)NC(=O)CCCCCCCCCCCCCCC. The molecule has 1 amide bonds. The van der Waals surface area contributed by atoms with Crippen molar-refractivity contribution in [2.45, 2.75) is 193 Å². The van der Waals surface area contributed by atoms with E-state index in [1.165, 1.54) is 128 Å². The van der Waals surface area contributed by atoms with Crippen molar-refractivity contribution in [2.24, 2.45) is 0 Å². The maximum atomic E-state index is 12.4. The van der Waals surface area contributed by atoms with Crippen molar-refractivity contribution in [1.82, 2.24) is 5.32 Å². The molecule has 244 valence electrons. The standard InChI is InChI=1S/C34H68NO5P/c1-3-5-7-9-11-13-15-17-19-20-22-24-26-28-30-33(32-40-41(37,38)39)35-34(36)31-29-27-25-23-21-18-16-14-12-10-8-6-4-2/h26,28,33H,3-25,27,29-32H2,1-2H3,(H,35,36)(H2,37,38,39)/b28-26+/t33-/m1/s1. The lowest BCUT2D eigenvalue weighted by Gasteiger charge is -2.18. The average Bonchev–Trinajstić information content (AvgIpc) is 2.93. The fraction of sp³-hybridized carbons (Fsp3) is 0.912. The molecule has 1 atom stereocenters. The molecule has 7 heteroatoms. The fourth-order valence-electron chi connectivity index (χ4n) is 5.26. The van der Waals surface area contributed by atoms with Crippen molar-refractivity contribution in [2.75, 3.05) is 6.61 Å². The summed E-state index contributed by atoms with van der Waals surface area (Å²) in [4.78, 5) is 30.6. The van der Waals surface area contributed by atoms with Gasteiger partial charge in [-0.25, -0.2) is 4.57 Å². The van der Waals surface area contributed by atoms with Crippen LogP contribution in [0.3, 0.4) is 0 Å². The predicted octanol–water partition coefficient (Wildman–Crippen LogP) is 10.7.